The fourth-order valence-electron chi connectivity index (χ4n) is 5.21. The number of imidazole rings is 1. The third kappa shape index (κ3) is 4.15. The van der Waals surface area contributed by atoms with E-state index >= 15 is 0 Å². The van der Waals surface area contributed by atoms with Gasteiger partial charge in [-0.15, -0.1) is 0 Å². The molecule has 32 heavy (non-hydrogen) atoms. The summed E-state index contributed by atoms with van der Waals surface area (Å²) < 4.78 is 1.94. The van der Waals surface area contributed by atoms with Gasteiger partial charge in [-0.1, -0.05) is 32.9 Å². The number of carbonyl (C=O) groups is 2. The lowest BCUT2D eigenvalue weighted by Gasteiger charge is -2.45. The van der Waals surface area contributed by atoms with Gasteiger partial charge < -0.3 is 19.7 Å². The van der Waals surface area contributed by atoms with Crippen molar-refractivity contribution in [1.29, 1.82) is 0 Å². The van der Waals surface area contributed by atoms with Crippen LogP contribution in [0.1, 0.15) is 64.0 Å². The van der Waals surface area contributed by atoms with Crippen LogP contribution < -0.4 is 5.32 Å². The third-order valence-electron chi connectivity index (χ3n) is 7.53. The van der Waals surface area contributed by atoms with Crippen molar-refractivity contribution in [2.75, 3.05) is 26.2 Å². The first-order valence-corrected chi connectivity index (χ1v) is 12.2. The molecule has 4 rings (SSSR count). The molecule has 7 heteroatoms. The van der Waals surface area contributed by atoms with Crippen molar-refractivity contribution in [3.63, 3.8) is 0 Å². The molecule has 0 spiro atoms. The number of hydrogen-bond donors (Lipinski definition) is 1. The van der Waals surface area contributed by atoms with Gasteiger partial charge in [0.15, 0.2) is 5.82 Å². The zero-order valence-corrected chi connectivity index (χ0v) is 19.9. The monoisotopic (exact) mass is 439 g/mol. The van der Waals surface area contributed by atoms with E-state index in [9.17, 15) is 9.59 Å². The number of hydrogen-bond acceptors (Lipinski definition) is 4. The Morgan fingerprint density at radius 3 is 2.56 bits per heavy atom. The maximum atomic E-state index is 13.7. The second-order valence-electron chi connectivity index (χ2n) is 9.70. The van der Waals surface area contributed by atoms with E-state index < -0.39 is 5.54 Å². The lowest BCUT2D eigenvalue weighted by molar-refractivity contribution is -0.134. The molecular weight excluding hydrogens is 402 g/mol. The minimum Gasteiger partial charge on any atom is -0.351 e. The second kappa shape index (κ2) is 9.22. The lowest BCUT2D eigenvalue weighted by Crippen LogP contribution is -2.66. The van der Waals surface area contributed by atoms with Crippen LogP contribution in [0.5, 0.6) is 0 Å². The molecule has 0 radical (unpaired) electrons. The van der Waals surface area contributed by atoms with Crippen LogP contribution in [-0.4, -0.2) is 68.9 Å². The molecule has 1 saturated carbocycles. The lowest BCUT2D eigenvalue weighted by atomic mass is 9.86. The maximum Gasteiger partial charge on any atom is 0.290 e. The number of aromatic nitrogens is 2. The Bertz CT molecular complexity index is 974. The number of para-hydroxylation sites is 2. The molecule has 2 amide bonds. The Kier molecular flexibility index (Phi) is 6.56. The second-order valence-corrected chi connectivity index (χ2v) is 9.70. The van der Waals surface area contributed by atoms with Gasteiger partial charge in [0.2, 0.25) is 5.91 Å². The number of benzene rings is 1. The topological polar surface area (TPSA) is 70.5 Å². The van der Waals surface area contributed by atoms with Gasteiger partial charge in [0.1, 0.15) is 5.54 Å². The predicted octanol–water partition coefficient (Wildman–Crippen LogP) is 3.29. The molecule has 1 atom stereocenters. The zero-order chi connectivity index (χ0) is 22.9. The maximum absolute atomic E-state index is 13.7. The highest BCUT2D eigenvalue weighted by Gasteiger charge is 2.48. The molecule has 1 N–H and O–H groups in total. The van der Waals surface area contributed by atoms with Crippen LogP contribution in [0.2, 0.25) is 0 Å². The molecule has 1 aromatic heterocycles. The van der Waals surface area contributed by atoms with Gasteiger partial charge in [-0.25, -0.2) is 4.98 Å². The fourth-order valence-corrected chi connectivity index (χ4v) is 5.21. The summed E-state index contributed by atoms with van der Waals surface area (Å²) in [6.45, 7) is 11.9. The van der Waals surface area contributed by atoms with E-state index in [1.807, 2.05) is 35.8 Å². The average Bonchev–Trinajstić information content (AvgIpc) is 3.16. The van der Waals surface area contributed by atoms with Crippen molar-refractivity contribution in [3.8, 4) is 0 Å². The number of fused-ring (bicyclic) bond motifs is 3. The van der Waals surface area contributed by atoms with E-state index in [-0.39, 0.29) is 17.9 Å². The van der Waals surface area contributed by atoms with Gasteiger partial charge in [0.05, 0.1) is 17.6 Å². The van der Waals surface area contributed by atoms with Crippen molar-refractivity contribution in [3.05, 3.63) is 30.1 Å². The summed E-state index contributed by atoms with van der Waals surface area (Å²) in [4.78, 5) is 36.1. The Morgan fingerprint density at radius 1 is 1.19 bits per heavy atom. The van der Waals surface area contributed by atoms with Crippen LogP contribution >= 0.6 is 0 Å². The van der Waals surface area contributed by atoms with Crippen LogP contribution in [0.15, 0.2) is 24.3 Å². The molecule has 1 fully saturated rings. The van der Waals surface area contributed by atoms with E-state index in [1.165, 1.54) is 0 Å². The SMILES string of the molecule is CCN(CC)CCN1C(=O)c2nc3ccccc3n2CC1(C)C(=O)NC1CCC(C)CC1. The molecule has 1 aliphatic carbocycles. The van der Waals surface area contributed by atoms with Crippen molar-refractivity contribution in [1.82, 2.24) is 24.7 Å². The largest absolute Gasteiger partial charge is 0.351 e. The summed E-state index contributed by atoms with van der Waals surface area (Å²) in [5.74, 6) is 0.950. The third-order valence-corrected chi connectivity index (χ3v) is 7.53. The Morgan fingerprint density at radius 2 is 1.88 bits per heavy atom. The molecule has 2 heterocycles. The molecule has 1 aromatic carbocycles. The van der Waals surface area contributed by atoms with Gasteiger partial charge in [-0.2, -0.15) is 0 Å². The molecule has 1 unspecified atom stereocenters. The zero-order valence-electron chi connectivity index (χ0n) is 19.9. The minimum atomic E-state index is -0.955. The molecule has 2 aromatic rings. The normalized spacial score (nSPS) is 25.9. The highest BCUT2D eigenvalue weighted by atomic mass is 16.2. The van der Waals surface area contributed by atoms with Gasteiger partial charge in [0, 0.05) is 19.1 Å². The highest BCUT2D eigenvalue weighted by Crippen LogP contribution is 2.31. The number of rotatable bonds is 7. The van der Waals surface area contributed by atoms with Gasteiger partial charge in [-0.05, 0) is 63.7 Å². The van der Waals surface area contributed by atoms with Crippen LogP contribution in [0.4, 0.5) is 0 Å². The van der Waals surface area contributed by atoms with Gasteiger partial charge >= 0.3 is 0 Å². The van der Waals surface area contributed by atoms with Crippen molar-refractivity contribution in [2.45, 2.75) is 71.5 Å². The summed E-state index contributed by atoms with van der Waals surface area (Å²) in [6.07, 6.45) is 4.30. The van der Waals surface area contributed by atoms with Crippen LogP contribution in [0.25, 0.3) is 11.0 Å². The molecule has 174 valence electrons. The average molecular weight is 440 g/mol. The van der Waals surface area contributed by atoms with Crippen molar-refractivity contribution < 1.29 is 9.59 Å². The smallest absolute Gasteiger partial charge is 0.290 e. The van der Waals surface area contributed by atoms with E-state index in [1.54, 1.807) is 4.90 Å². The van der Waals surface area contributed by atoms with Crippen molar-refractivity contribution in [2.24, 2.45) is 5.92 Å². The summed E-state index contributed by atoms with van der Waals surface area (Å²) in [7, 11) is 0. The summed E-state index contributed by atoms with van der Waals surface area (Å²) in [5, 5.41) is 3.31. The Balaban J connectivity index is 1.65. The minimum absolute atomic E-state index is 0.0478. The molecule has 7 nitrogen and oxygen atoms in total. The van der Waals surface area contributed by atoms with Crippen LogP contribution in [0, 0.1) is 5.92 Å². The van der Waals surface area contributed by atoms with Crippen LogP contribution in [0.3, 0.4) is 0 Å². The molecule has 2 aliphatic rings. The quantitative estimate of drug-likeness (QED) is 0.719. The van der Waals surface area contributed by atoms with E-state index in [0.29, 0.717) is 18.9 Å². The number of nitrogens with zero attached hydrogens (tertiary/aromatic N) is 4. The van der Waals surface area contributed by atoms with E-state index in [0.717, 1.165) is 62.3 Å². The van der Waals surface area contributed by atoms with Crippen molar-refractivity contribution >= 4 is 22.8 Å². The van der Waals surface area contributed by atoms with Crippen LogP contribution in [-0.2, 0) is 11.3 Å². The summed E-state index contributed by atoms with van der Waals surface area (Å²) >= 11 is 0. The molecule has 1 aliphatic heterocycles. The fraction of sp³-hybridized carbons (Fsp3) is 0.640. The number of nitrogens with one attached hydrogen (secondary N) is 1. The molecule has 0 saturated heterocycles. The standard InChI is InChI=1S/C25H37N5O2/c1-5-28(6-2)15-16-30-23(31)22-27-20-9-7-8-10-21(20)29(22)17-25(30,4)24(32)26-19-13-11-18(3)12-14-19/h7-10,18-19H,5-6,11-17H2,1-4H3,(H,26,32). The Hall–Kier alpha value is -2.41. The first-order chi connectivity index (χ1) is 15.4. The van der Waals surface area contributed by atoms with E-state index in [2.05, 4.69) is 36.0 Å². The number of amides is 2. The Labute approximate surface area is 191 Å². The first-order valence-electron chi connectivity index (χ1n) is 12.2. The molecule has 0 bridgehead atoms. The predicted molar refractivity (Wildman–Crippen MR) is 127 cm³/mol. The van der Waals surface area contributed by atoms with Gasteiger partial charge in [0.25, 0.3) is 5.91 Å². The summed E-state index contributed by atoms with van der Waals surface area (Å²) in [6, 6.07) is 7.98. The first kappa shape index (κ1) is 22.8. The number of likely N-dealkylation sites (N-methyl/N-ethyl adjacent to an activating group) is 1. The number of carbonyl (C=O) groups excluding carboxylic acids is 2. The van der Waals surface area contributed by atoms with E-state index in [4.69, 9.17) is 0 Å². The summed E-state index contributed by atoms with van der Waals surface area (Å²) in [5.41, 5.74) is 0.749. The molecular formula is C25H37N5O2. The van der Waals surface area contributed by atoms with Gasteiger partial charge in [-0.3, -0.25) is 9.59 Å². The highest BCUT2D eigenvalue weighted by molar-refractivity contribution is 6.01.